The predicted octanol–water partition coefficient (Wildman–Crippen LogP) is 4.66. The number of carbonyl (C=O) groups excluding carboxylic acids is 1. The number of benzene rings is 3. The van der Waals surface area contributed by atoms with E-state index in [0.717, 1.165) is 30.8 Å². The van der Waals surface area contributed by atoms with Crippen LogP contribution < -0.4 is 14.7 Å². The maximum Gasteiger partial charge on any atom is 0.416 e. The SMILES string of the molecule is CN(CCCOc1ccc(C(F)(F)F)cc1)c1ccccc1.O=C([O-])c1ccccc1. The molecule has 0 N–H and O–H groups in total. The smallest absolute Gasteiger partial charge is 0.416 e. The van der Waals surface area contributed by atoms with Crippen molar-refractivity contribution in [2.45, 2.75) is 12.6 Å². The predicted molar refractivity (Wildman–Crippen MR) is 112 cm³/mol. The first kappa shape index (κ1) is 23.8. The lowest BCUT2D eigenvalue weighted by Gasteiger charge is -2.19. The Bertz CT molecular complexity index is 914. The minimum Gasteiger partial charge on any atom is -0.545 e. The fraction of sp³-hybridized carbons (Fsp3) is 0.208. The molecule has 0 fully saturated rings. The summed E-state index contributed by atoms with van der Waals surface area (Å²) in [5, 5.41) is 10.1. The van der Waals surface area contributed by atoms with E-state index in [-0.39, 0.29) is 5.56 Å². The Kier molecular flexibility index (Phi) is 8.94. The van der Waals surface area contributed by atoms with Gasteiger partial charge < -0.3 is 19.5 Å². The second kappa shape index (κ2) is 11.6. The van der Waals surface area contributed by atoms with Crippen molar-refractivity contribution in [1.29, 1.82) is 0 Å². The summed E-state index contributed by atoms with van der Waals surface area (Å²) in [7, 11) is 1.99. The fourth-order valence-electron chi connectivity index (χ4n) is 2.62. The van der Waals surface area contributed by atoms with Gasteiger partial charge in [0.2, 0.25) is 0 Å². The van der Waals surface area contributed by atoms with E-state index in [0.29, 0.717) is 12.4 Å². The van der Waals surface area contributed by atoms with Crippen molar-refractivity contribution in [3.63, 3.8) is 0 Å². The van der Waals surface area contributed by atoms with Gasteiger partial charge in [-0.15, -0.1) is 0 Å². The summed E-state index contributed by atoms with van der Waals surface area (Å²) in [6.45, 7) is 1.27. The molecule has 0 aromatic heterocycles. The first-order chi connectivity index (χ1) is 14.8. The Morgan fingerprint density at radius 3 is 1.94 bits per heavy atom. The molecule has 0 saturated carbocycles. The van der Waals surface area contributed by atoms with Crippen molar-refractivity contribution < 1.29 is 27.8 Å². The number of hydrogen-bond donors (Lipinski definition) is 0. The normalized spacial score (nSPS) is 10.6. The lowest BCUT2D eigenvalue weighted by molar-refractivity contribution is -0.255. The number of carbonyl (C=O) groups is 1. The molecule has 164 valence electrons. The summed E-state index contributed by atoms with van der Waals surface area (Å²) in [6, 6.07) is 22.8. The van der Waals surface area contributed by atoms with Gasteiger partial charge in [0.15, 0.2) is 0 Å². The van der Waals surface area contributed by atoms with Crippen molar-refractivity contribution in [2.75, 3.05) is 25.1 Å². The topological polar surface area (TPSA) is 52.6 Å². The third-order valence-corrected chi connectivity index (χ3v) is 4.29. The van der Waals surface area contributed by atoms with Crippen molar-refractivity contribution in [1.82, 2.24) is 0 Å². The number of hydrogen-bond acceptors (Lipinski definition) is 4. The summed E-state index contributed by atoms with van der Waals surface area (Å²) in [5.41, 5.74) is 0.679. The maximum absolute atomic E-state index is 12.4. The molecular weight excluding hydrogens is 407 g/mol. The van der Waals surface area contributed by atoms with Gasteiger partial charge in [-0.2, -0.15) is 13.2 Å². The van der Waals surface area contributed by atoms with Gasteiger partial charge in [0, 0.05) is 19.3 Å². The highest BCUT2D eigenvalue weighted by atomic mass is 19.4. The van der Waals surface area contributed by atoms with Crippen LogP contribution in [-0.4, -0.2) is 26.2 Å². The number of para-hydroxylation sites is 1. The molecule has 4 nitrogen and oxygen atoms in total. The lowest BCUT2D eigenvalue weighted by Crippen LogP contribution is -2.21. The van der Waals surface area contributed by atoms with E-state index in [1.165, 1.54) is 24.3 Å². The summed E-state index contributed by atoms with van der Waals surface area (Å²) >= 11 is 0. The van der Waals surface area contributed by atoms with Crippen LogP contribution in [0.1, 0.15) is 22.3 Å². The van der Waals surface area contributed by atoms with Crippen LogP contribution in [-0.2, 0) is 6.18 Å². The van der Waals surface area contributed by atoms with Gasteiger partial charge in [-0.05, 0) is 48.4 Å². The van der Waals surface area contributed by atoms with E-state index in [4.69, 9.17) is 4.74 Å². The van der Waals surface area contributed by atoms with Crippen LogP contribution in [0.4, 0.5) is 18.9 Å². The highest BCUT2D eigenvalue weighted by Gasteiger charge is 2.29. The number of alkyl halides is 3. The van der Waals surface area contributed by atoms with Gasteiger partial charge in [0.25, 0.3) is 0 Å². The summed E-state index contributed by atoms with van der Waals surface area (Å²) in [4.78, 5) is 12.2. The molecule has 3 aromatic rings. The number of aromatic carboxylic acids is 1. The molecule has 3 aromatic carbocycles. The van der Waals surface area contributed by atoms with E-state index in [1.54, 1.807) is 18.2 Å². The number of carboxylic acid groups (broad SMARTS) is 1. The lowest BCUT2D eigenvalue weighted by atomic mass is 10.2. The zero-order valence-corrected chi connectivity index (χ0v) is 17.0. The fourth-order valence-corrected chi connectivity index (χ4v) is 2.62. The molecule has 0 aliphatic heterocycles. The molecular formula is C24H23F3NO3-. The third-order valence-electron chi connectivity index (χ3n) is 4.29. The number of rotatable bonds is 7. The monoisotopic (exact) mass is 430 g/mol. The Labute approximate surface area is 179 Å². The van der Waals surface area contributed by atoms with Crippen LogP contribution in [0.25, 0.3) is 0 Å². The summed E-state index contributed by atoms with van der Waals surface area (Å²) in [5.74, 6) is -0.675. The molecule has 3 rings (SSSR count). The van der Waals surface area contributed by atoms with Crippen molar-refractivity contribution in [3.8, 4) is 5.75 Å². The number of ether oxygens (including phenoxy) is 1. The molecule has 31 heavy (non-hydrogen) atoms. The van der Waals surface area contributed by atoms with Gasteiger partial charge in [-0.1, -0.05) is 48.5 Å². The second-order valence-electron chi connectivity index (χ2n) is 6.63. The molecule has 0 aliphatic rings. The van der Waals surface area contributed by atoms with Gasteiger partial charge >= 0.3 is 6.18 Å². The molecule has 0 amide bonds. The summed E-state index contributed by atoms with van der Waals surface area (Å²) in [6.07, 6.45) is -3.52. The van der Waals surface area contributed by atoms with Gasteiger partial charge in [0.1, 0.15) is 5.75 Å². The largest absolute Gasteiger partial charge is 0.545 e. The van der Waals surface area contributed by atoms with Crippen molar-refractivity contribution >= 4 is 11.7 Å². The van der Waals surface area contributed by atoms with Crippen LogP contribution in [0.5, 0.6) is 5.75 Å². The van der Waals surface area contributed by atoms with E-state index < -0.39 is 17.7 Å². The highest BCUT2D eigenvalue weighted by molar-refractivity contribution is 5.85. The van der Waals surface area contributed by atoms with Gasteiger partial charge in [0.05, 0.1) is 18.1 Å². The van der Waals surface area contributed by atoms with Crippen molar-refractivity contribution in [2.24, 2.45) is 0 Å². The standard InChI is InChI=1S/C17H18F3NO.C7H6O2/c1-21(15-6-3-2-4-7-15)12-5-13-22-16-10-8-14(9-11-16)17(18,19)20;8-7(9)6-4-2-1-3-5-6/h2-4,6-11H,5,12-13H2,1H3;1-5H,(H,8,9)/p-1. The second-order valence-corrected chi connectivity index (χ2v) is 6.63. The number of carboxylic acids is 1. The van der Waals surface area contributed by atoms with Crippen LogP contribution in [0.2, 0.25) is 0 Å². The van der Waals surface area contributed by atoms with E-state index >= 15 is 0 Å². The summed E-state index contributed by atoms with van der Waals surface area (Å²) < 4.78 is 42.8. The average Bonchev–Trinajstić information content (AvgIpc) is 2.78. The zero-order chi connectivity index (χ0) is 22.7. The first-order valence-corrected chi connectivity index (χ1v) is 9.60. The molecule has 0 spiro atoms. The third kappa shape index (κ3) is 8.42. The zero-order valence-electron chi connectivity index (χ0n) is 17.0. The van der Waals surface area contributed by atoms with E-state index in [9.17, 15) is 23.1 Å². The molecule has 0 unspecified atom stereocenters. The molecule has 0 bridgehead atoms. The van der Waals surface area contributed by atoms with Crippen LogP contribution >= 0.6 is 0 Å². The highest BCUT2D eigenvalue weighted by Crippen LogP contribution is 2.30. The van der Waals surface area contributed by atoms with E-state index in [1.807, 2.05) is 37.4 Å². The number of anilines is 1. The van der Waals surface area contributed by atoms with Crippen molar-refractivity contribution in [3.05, 3.63) is 96.1 Å². The Hall–Kier alpha value is -3.48. The molecule has 7 heteroatoms. The van der Waals surface area contributed by atoms with Crippen LogP contribution in [0.15, 0.2) is 84.9 Å². The van der Waals surface area contributed by atoms with Crippen LogP contribution in [0.3, 0.4) is 0 Å². The van der Waals surface area contributed by atoms with Crippen LogP contribution in [0, 0.1) is 0 Å². The minimum atomic E-state index is -4.31. The minimum absolute atomic E-state index is 0.220. The average molecular weight is 430 g/mol. The van der Waals surface area contributed by atoms with Gasteiger partial charge in [-0.3, -0.25) is 0 Å². The molecule has 0 saturated heterocycles. The number of halogens is 3. The molecule has 0 atom stereocenters. The molecule has 0 radical (unpaired) electrons. The Balaban J connectivity index is 0.000000316. The first-order valence-electron chi connectivity index (χ1n) is 9.60. The Morgan fingerprint density at radius 1 is 0.903 bits per heavy atom. The van der Waals surface area contributed by atoms with Gasteiger partial charge in [-0.25, -0.2) is 0 Å². The quantitative estimate of drug-likeness (QED) is 0.512. The van der Waals surface area contributed by atoms with E-state index in [2.05, 4.69) is 4.90 Å². The molecule has 0 heterocycles. The Morgan fingerprint density at radius 2 is 1.45 bits per heavy atom. The maximum atomic E-state index is 12.4. The molecule has 0 aliphatic carbocycles. The number of nitrogens with zero attached hydrogens (tertiary/aromatic N) is 1.